The smallest absolute Gasteiger partial charge is 0.255 e. The number of anilines is 1. The van der Waals surface area contributed by atoms with E-state index in [-0.39, 0.29) is 5.91 Å². The molecule has 2 aromatic carbocycles. The highest BCUT2D eigenvalue weighted by Crippen LogP contribution is 2.25. The second-order valence-corrected chi connectivity index (χ2v) is 4.44. The number of rotatable bonds is 4. The molecule has 0 unspecified atom stereocenters. The summed E-state index contributed by atoms with van der Waals surface area (Å²) in [6.07, 6.45) is 0. The summed E-state index contributed by atoms with van der Waals surface area (Å²) in [5, 5.41) is 3.18. The number of carbonyl (C=O) groups excluding carboxylic acids is 1. The summed E-state index contributed by atoms with van der Waals surface area (Å²) in [6, 6.07) is 12.0. The van der Waals surface area contributed by atoms with E-state index in [4.69, 9.17) is 21.1 Å². The first-order valence-corrected chi connectivity index (χ1v) is 6.31. The lowest BCUT2D eigenvalue weighted by molar-refractivity contribution is 0.102. The molecule has 4 nitrogen and oxygen atoms in total. The summed E-state index contributed by atoms with van der Waals surface area (Å²) in [5.41, 5.74) is 1.15. The first-order valence-electron chi connectivity index (χ1n) is 5.93. The van der Waals surface area contributed by atoms with Crippen LogP contribution in [0, 0.1) is 0 Å². The van der Waals surface area contributed by atoms with Crippen LogP contribution < -0.4 is 14.8 Å². The highest BCUT2D eigenvalue weighted by molar-refractivity contribution is 6.32. The third-order valence-corrected chi connectivity index (χ3v) is 3.06. The molecule has 0 spiro atoms. The Hall–Kier alpha value is -2.20. The number of methoxy groups -OCH3 is 2. The molecule has 2 rings (SSSR count). The van der Waals surface area contributed by atoms with Gasteiger partial charge < -0.3 is 14.8 Å². The fourth-order valence-electron chi connectivity index (χ4n) is 1.69. The van der Waals surface area contributed by atoms with Crippen LogP contribution >= 0.6 is 11.6 Å². The van der Waals surface area contributed by atoms with E-state index in [9.17, 15) is 4.79 Å². The molecule has 0 heterocycles. The maximum Gasteiger partial charge on any atom is 0.255 e. The molecule has 104 valence electrons. The summed E-state index contributed by atoms with van der Waals surface area (Å²) >= 11 is 5.99. The van der Waals surface area contributed by atoms with Crippen LogP contribution in [-0.2, 0) is 0 Å². The minimum absolute atomic E-state index is 0.236. The molecule has 20 heavy (non-hydrogen) atoms. The van der Waals surface area contributed by atoms with Gasteiger partial charge in [-0.2, -0.15) is 0 Å². The van der Waals surface area contributed by atoms with Crippen molar-refractivity contribution in [3.05, 3.63) is 53.1 Å². The van der Waals surface area contributed by atoms with Gasteiger partial charge in [-0.3, -0.25) is 4.79 Å². The Morgan fingerprint density at radius 1 is 1.05 bits per heavy atom. The van der Waals surface area contributed by atoms with Crippen LogP contribution in [-0.4, -0.2) is 20.1 Å². The van der Waals surface area contributed by atoms with Gasteiger partial charge in [0, 0.05) is 11.3 Å². The molecule has 2 aromatic rings. The number of nitrogens with one attached hydrogen (secondary N) is 1. The van der Waals surface area contributed by atoms with E-state index >= 15 is 0 Å². The highest BCUT2D eigenvalue weighted by Gasteiger charge is 2.09. The van der Waals surface area contributed by atoms with Crippen molar-refractivity contribution in [2.45, 2.75) is 0 Å². The zero-order valence-electron chi connectivity index (χ0n) is 11.1. The Labute approximate surface area is 122 Å². The second kappa shape index (κ2) is 6.30. The summed E-state index contributed by atoms with van der Waals surface area (Å²) < 4.78 is 10.1. The Bertz CT molecular complexity index is 611. The van der Waals surface area contributed by atoms with E-state index in [1.165, 1.54) is 7.11 Å². The lowest BCUT2D eigenvalue weighted by atomic mass is 10.2. The predicted molar refractivity (Wildman–Crippen MR) is 79.0 cm³/mol. The average molecular weight is 292 g/mol. The Morgan fingerprint density at radius 3 is 2.30 bits per heavy atom. The molecule has 0 bridgehead atoms. The summed E-state index contributed by atoms with van der Waals surface area (Å²) in [4.78, 5) is 12.1. The van der Waals surface area contributed by atoms with E-state index < -0.39 is 0 Å². The van der Waals surface area contributed by atoms with Crippen LogP contribution in [0.25, 0.3) is 0 Å². The zero-order chi connectivity index (χ0) is 14.5. The monoisotopic (exact) mass is 291 g/mol. The van der Waals surface area contributed by atoms with Crippen molar-refractivity contribution in [2.75, 3.05) is 19.5 Å². The van der Waals surface area contributed by atoms with E-state index in [1.807, 2.05) is 0 Å². The molecule has 1 amide bonds. The van der Waals surface area contributed by atoms with Gasteiger partial charge in [0.15, 0.2) is 0 Å². The van der Waals surface area contributed by atoms with Crippen LogP contribution in [0.1, 0.15) is 10.4 Å². The van der Waals surface area contributed by atoms with Crippen molar-refractivity contribution in [3.8, 4) is 11.5 Å². The largest absolute Gasteiger partial charge is 0.497 e. The molecular weight excluding hydrogens is 278 g/mol. The summed E-state index contributed by atoms with van der Waals surface area (Å²) in [7, 11) is 3.12. The number of halogens is 1. The number of carbonyl (C=O) groups is 1. The molecular formula is C15H14ClNO3. The molecule has 0 fully saturated rings. The van der Waals surface area contributed by atoms with E-state index in [0.717, 1.165) is 5.75 Å². The van der Waals surface area contributed by atoms with Crippen molar-refractivity contribution in [2.24, 2.45) is 0 Å². The third-order valence-electron chi connectivity index (χ3n) is 2.76. The summed E-state index contributed by atoms with van der Waals surface area (Å²) in [5.74, 6) is 1.03. The second-order valence-electron chi connectivity index (χ2n) is 4.03. The standard InChI is InChI=1S/C15H14ClNO3/c1-19-12-6-4-11(5-7-12)17-15(18)10-3-8-14(20-2)13(16)9-10/h3-9H,1-2H3,(H,17,18). The van der Waals surface area contributed by atoms with E-state index in [0.29, 0.717) is 22.0 Å². The molecule has 0 aromatic heterocycles. The number of benzene rings is 2. The van der Waals surface area contributed by atoms with E-state index in [2.05, 4.69) is 5.32 Å². The number of amides is 1. The molecule has 0 saturated heterocycles. The molecule has 0 saturated carbocycles. The predicted octanol–water partition coefficient (Wildman–Crippen LogP) is 3.61. The van der Waals surface area contributed by atoms with Crippen LogP contribution in [0.4, 0.5) is 5.69 Å². The maximum absolute atomic E-state index is 12.1. The molecule has 0 radical (unpaired) electrons. The van der Waals surface area contributed by atoms with Gasteiger partial charge >= 0.3 is 0 Å². The van der Waals surface area contributed by atoms with Gasteiger partial charge in [-0.05, 0) is 42.5 Å². The molecule has 0 aliphatic rings. The topological polar surface area (TPSA) is 47.6 Å². The quantitative estimate of drug-likeness (QED) is 0.936. The zero-order valence-corrected chi connectivity index (χ0v) is 11.9. The lowest BCUT2D eigenvalue weighted by Crippen LogP contribution is -2.11. The van der Waals surface area contributed by atoms with Crippen molar-refractivity contribution in [3.63, 3.8) is 0 Å². The fraction of sp³-hybridized carbons (Fsp3) is 0.133. The van der Waals surface area contributed by atoms with Crippen molar-refractivity contribution in [1.82, 2.24) is 0 Å². The Kier molecular flexibility index (Phi) is 4.48. The molecule has 0 atom stereocenters. The third kappa shape index (κ3) is 3.22. The van der Waals surface area contributed by atoms with Crippen LogP contribution in [0.5, 0.6) is 11.5 Å². The lowest BCUT2D eigenvalue weighted by Gasteiger charge is -2.08. The first kappa shape index (κ1) is 14.2. The van der Waals surface area contributed by atoms with E-state index in [1.54, 1.807) is 49.6 Å². The van der Waals surface area contributed by atoms with Gasteiger partial charge in [0.2, 0.25) is 0 Å². The van der Waals surface area contributed by atoms with Crippen molar-refractivity contribution < 1.29 is 14.3 Å². The SMILES string of the molecule is COc1ccc(NC(=O)c2ccc(OC)c(Cl)c2)cc1. The summed E-state index contributed by atoms with van der Waals surface area (Å²) in [6.45, 7) is 0. The van der Waals surface area contributed by atoms with Crippen LogP contribution in [0.3, 0.4) is 0 Å². The van der Waals surface area contributed by atoms with Gasteiger partial charge in [-0.15, -0.1) is 0 Å². The van der Waals surface area contributed by atoms with Gasteiger partial charge in [0.25, 0.3) is 5.91 Å². The van der Waals surface area contributed by atoms with Gasteiger partial charge in [-0.1, -0.05) is 11.6 Å². The molecule has 0 aliphatic carbocycles. The number of hydrogen-bond donors (Lipinski definition) is 1. The average Bonchev–Trinajstić information content (AvgIpc) is 2.48. The minimum Gasteiger partial charge on any atom is -0.497 e. The van der Waals surface area contributed by atoms with Crippen molar-refractivity contribution in [1.29, 1.82) is 0 Å². The maximum atomic E-state index is 12.1. The minimum atomic E-state index is -0.236. The van der Waals surface area contributed by atoms with Gasteiger partial charge in [-0.25, -0.2) is 0 Å². The Balaban J connectivity index is 2.12. The normalized spacial score (nSPS) is 9.95. The molecule has 5 heteroatoms. The van der Waals surface area contributed by atoms with Crippen molar-refractivity contribution >= 4 is 23.2 Å². The Morgan fingerprint density at radius 2 is 1.75 bits per heavy atom. The fourth-order valence-corrected chi connectivity index (χ4v) is 1.94. The molecule has 1 N–H and O–H groups in total. The van der Waals surface area contributed by atoms with Crippen LogP contribution in [0.2, 0.25) is 5.02 Å². The first-order chi connectivity index (χ1) is 9.63. The molecule has 0 aliphatic heterocycles. The van der Waals surface area contributed by atoms with Crippen LogP contribution in [0.15, 0.2) is 42.5 Å². The van der Waals surface area contributed by atoms with Gasteiger partial charge in [0.05, 0.1) is 19.2 Å². The number of ether oxygens (including phenoxy) is 2. The van der Waals surface area contributed by atoms with Gasteiger partial charge in [0.1, 0.15) is 11.5 Å². The highest BCUT2D eigenvalue weighted by atomic mass is 35.5. The number of hydrogen-bond acceptors (Lipinski definition) is 3.